The predicted octanol–water partition coefficient (Wildman–Crippen LogP) is 2.42. The second kappa shape index (κ2) is 7.61. The highest BCUT2D eigenvalue weighted by Gasteiger charge is 2.56. The van der Waals surface area contributed by atoms with E-state index in [1.807, 2.05) is 0 Å². The van der Waals surface area contributed by atoms with Crippen molar-refractivity contribution < 1.29 is 18.4 Å². The van der Waals surface area contributed by atoms with Crippen LogP contribution in [0.5, 0.6) is 0 Å². The molecule has 2 aromatic rings. The SMILES string of the molecule is NC(=O)c1cc(N2CCC(C(=O)N3N=CCC3c3cc(F)cc(F)c3)C3(CC3)C2)ncn1. The number of nitrogens with two attached hydrogens (primary N) is 1. The molecule has 0 bridgehead atoms. The molecule has 1 aromatic carbocycles. The summed E-state index contributed by atoms with van der Waals surface area (Å²) in [6, 6.07) is 4.38. The second-order valence-electron chi connectivity index (χ2n) is 8.69. The number of hydrogen-bond acceptors (Lipinski definition) is 6. The summed E-state index contributed by atoms with van der Waals surface area (Å²) in [7, 11) is 0. The number of amides is 2. The van der Waals surface area contributed by atoms with Gasteiger partial charge in [0.25, 0.3) is 5.91 Å². The average Bonchev–Trinajstić information content (AvgIpc) is 3.34. The Morgan fingerprint density at radius 2 is 1.84 bits per heavy atom. The number of hydrogen-bond donors (Lipinski definition) is 1. The van der Waals surface area contributed by atoms with E-state index in [9.17, 15) is 18.4 Å². The zero-order valence-corrected chi connectivity index (χ0v) is 17.2. The van der Waals surface area contributed by atoms with Crippen LogP contribution >= 0.6 is 0 Å². The van der Waals surface area contributed by atoms with Gasteiger partial charge in [0.2, 0.25) is 5.91 Å². The summed E-state index contributed by atoms with van der Waals surface area (Å²) in [6.45, 7) is 1.19. The van der Waals surface area contributed by atoms with Crippen LogP contribution in [0.4, 0.5) is 14.6 Å². The van der Waals surface area contributed by atoms with Gasteiger partial charge < -0.3 is 10.6 Å². The standard InChI is InChI=1S/C22H22F2N6O2/c23-14-7-13(8-15(24)9-14)18-1-5-28-30(18)21(32)16-2-6-29(11-22(16)3-4-22)19-10-17(20(25)31)26-12-27-19/h5,7-10,12,16,18H,1-4,6,11H2,(H2,25,31). The van der Waals surface area contributed by atoms with Gasteiger partial charge >= 0.3 is 0 Å². The van der Waals surface area contributed by atoms with E-state index in [0.29, 0.717) is 37.3 Å². The molecule has 3 aliphatic rings. The molecule has 1 spiro atoms. The zero-order valence-electron chi connectivity index (χ0n) is 17.2. The van der Waals surface area contributed by atoms with Gasteiger partial charge in [-0.25, -0.2) is 23.8 Å². The molecule has 166 valence electrons. The third kappa shape index (κ3) is 3.59. The number of nitrogens with zero attached hydrogens (tertiary/aromatic N) is 5. The van der Waals surface area contributed by atoms with Crippen molar-refractivity contribution in [2.45, 2.75) is 31.7 Å². The lowest BCUT2D eigenvalue weighted by molar-refractivity contribution is -0.140. The van der Waals surface area contributed by atoms with Crippen LogP contribution < -0.4 is 10.6 Å². The first-order chi connectivity index (χ1) is 15.4. The lowest BCUT2D eigenvalue weighted by Gasteiger charge is -2.40. The molecule has 10 heteroatoms. The fourth-order valence-electron chi connectivity index (χ4n) is 4.89. The van der Waals surface area contributed by atoms with Crippen molar-refractivity contribution in [3.05, 3.63) is 53.5 Å². The number of benzene rings is 1. The Bertz CT molecular complexity index is 1100. The molecule has 8 nitrogen and oxygen atoms in total. The first kappa shape index (κ1) is 20.5. The predicted molar refractivity (Wildman–Crippen MR) is 112 cm³/mol. The Morgan fingerprint density at radius 3 is 2.53 bits per heavy atom. The highest BCUT2D eigenvalue weighted by molar-refractivity contribution is 5.91. The second-order valence-corrected chi connectivity index (χ2v) is 8.69. The first-order valence-corrected chi connectivity index (χ1v) is 10.5. The number of halogens is 2. The lowest BCUT2D eigenvalue weighted by atomic mass is 9.81. The van der Waals surface area contributed by atoms with E-state index in [4.69, 9.17) is 5.73 Å². The van der Waals surface area contributed by atoms with Crippen LogP contribution in [-0.4, -0.2) is 46.1 Å². The van der Waals surface area contributed by atoms with Crippen LogP contribution in [-0.2, 0) is 4.79 Å². The smallest absolute Gasteiger partial charge is 0.267 e. The summed E-state index contributed by atoms with van der Waals surface area (Å²) in [5.41, 5.74) is 5.67. The quantitative estimate of drug-likeness (QED) is 0.786. The largest absolute Gasteiger partial charge is 0.364 e. The third-order valence-electron chi connectivity index (χ3n) is 6.68. The third-order valence-corrected chi connectivity index (χ3v) is 6.68. The molecule has 1 aromatic heterocycles. The van der Waals surface area contributed by atoms with E-state index in [1.54, 1.807) is 12.3 Å². The first-order valence-electron chi connectivity index (χ1n) is 10.5. The average molecular weight is 440 g/mol. The Hall–Kier alpha value is -3.43. The van der Waals surface area contributed by atoms with Gasteiger partial charge in [-0.2, -0.15) is 5.10 Å². The van der Waals surface area contributed by atoms with E-state index in [1.165, 1.54) is 23.5 Å². The molecular formula is C22H22F2N6O2. The summed E-state index contributed by atoms with van der Waals surface area (Å²) in [5.74, 6) is -1.72. The van der Waals surface area contributed by atoms with Crippen LogP contribution in [0.25, 0.3) is 0 Å². The molecule has 1 saturated heterocycles. The van der Waals surface area contributed by atoms with E-state index >= 15 is 0 Å². The van der Waals surface area contributed by atoms with Gasteiger partial charge in [-0.3, -0.25) is 9.59 Å². The van der Waals surface area contributed by atoms with Crippen molar-refractivity contribution in [3.63, 3.8) is 0 Å². The zero-order chi connectivity index (χ0) is 22.5. The van der Waals surface area contributed by atoms with E-state index in [2.05, 4.69) is 20.0 Å². The molecule has 5 rings (SSSR count). The minimum absolute atomic E-state index is 0.119. The number of aromatic nitrogens is 2. The fraction of sp³-hybridized carbons (Fsp3) is 0.409. The van der Waals surface area contributed by atoms with Crippen LogP contribution in [0.3, 0.4) is 0 Å². The van der Waals surface area contributed by atoms with Crippen LogP contribution in [0.15, 0.2) is 35.7 Å². The number of piperidine rings is 1. The number of carbonyl (C=O) groups is 2. The highest BCUT2D eigenvalue weighted by Crippen LogP contribution is 2.57. The maximum Gasteiger partial charge on any atom is 0.267 e. The molecule has 2 aliphatic heterocycles. The summed E-state index contributed by atoms with van der Waals surface area (Å²) in [6.07, 6.45) is 5.72. The van der Waals surface area contributed by atoms with Gasteiger partial charge in [0.15, 0.2) is 0 Å². The van der Waals surface area contributed by atoms with Gasteiger partial charge in [0.1, 0.15) is 29.5 Å². The number of rotatable bonds is 4. The topological polar surface area (TPSA) is 105 Å². The molecule has 3 heterocycles. The molecule has 1 aliphatic carbocycles. The Labute approximate surface area is 183 Å². The minimum atomic E-state index is -0.675. The summed E-state index contributed by atoms with van der Waals surface area (Å²) in [5, 5.41) is 5.65. The monoisotopic (exact) mass is 440 g/mol. The fourth-order valence-corrected chi connectivity index (χ4v) is 4.89. The lowest BCUT2D eigenvalue weighted by Crippen LogP contribution is -2.48. The van der Waals surface area contributed by atoms with E-state index in [-0.39, 0.29) is 22.9 Å². The maximum atomic E-state index is 13.8. The van der Waals surface area contributed by atoms with Gasteiger partial charge in [-0.1, -0.05) is 0 Å². The number of carbonyl (C=O) groups excluding carboxylic acids is 2. The maximum absolute atomic E-state index is 13.8. The van der Waals surface area contributed by atoms with Gasteiger partial charge in [-0.15, -0.1) is 0 Å². The molecule has 2 amide bonds. The molecule has 2 atom stereocenters. The molecule has 2 N–H and O–H groups in total. The summed E-state index contributed by atoms with van der Waals surface area (Å²) < 4.78 is 27.5. The number of hydrazone groups is 1. The molecular weight excluding hydrogens is 418 g/mol. The molecule has 1 saturated carbocycles. The van der Waals surface area contributed by atoms with Crippen LogP contribution in [0.2, 0.25) is 0 Å². The van der Waals surface area contributed by atoms with Gasteiger partial charge in [0.05, 0.1) is 6.04 Å². The molecule has 32 heavy (non-hydrogen) atoms. The van der Waals surface area contributed by atoms with Crippen molar-refractivity contribution >= 4 is 23.8 Å². The van der Waals surface area contributed by atoms with Crippen LogP contribution in [0, 0.1) is 23.0 Å². The Morgan fingerprint density at radius 1 is 1.09 bits per heavy atom. The minimum Gasteiger partial charge on any atom is -0.364 e. The summed E-state index contributed by atoms with van der Waals surface area (Å²) in [4.78, 5) is 35.2. The molecule has 2 unspecified atom stereocenters. The summed E-state index contributed by atoms with van der Waals surface area (Å²) >= 11 is 0. The highest BCUT2D eigenvalue weighted by atomic mass is 19.1. The van der Waals surface area contributed by atoms with Crippen molar-refractivity contribution in [3.8, 4) is 0 Å². The Balaban J connectivity index is 1.35. The van der Waals surface area contributed by atoms with Crippen molar-refractivity contribution in [1.29, 1.82) is 0 Å². The number of anilines is 1. The van der Waals surface area contributed by atoms with Gasteiger partial charge in [-0.05, 0) is 42.4 Å². The van der Waals surface area contributed by atoms with E-state index < -0.39 is 23.6 Å². The number of primary amides is 1. The van der Waals surface area contributed by atoms with Gasteiger partial charge in [0, 0.05) is 43.8 Å². The van der Waals surface area contributed by atoms with Crippen LogP contribution in [0.1, 0.15) is 47.8 Å². The molecule has 2 fully saturated rings. The van der Waals surface area contributed by atoms with E-state index in [0.717, 1.165) is 18.9 Å². The Kier molecular flexibility index (Phi) is 4.87. The molecule has 0 radical (unpaired) electrons. The van der Waals surface area contributed by atoms with Crippen molar-refractivity contribution in [1.82, 2.24) is 15.0 Å². The van der Waals surface area contributed by atoms with Crippen molar-refractivity contribution in [2.24, 2.45) is 22.2 Å². The normalized spacial score (nSPS) is 23.6. The van der Waals surface area contributed by atoms with Crippen molar-refractivity contribution in [2.75, 3.05) is 18.0 Å².